The molecular weight excluding hydrogens is 288 g/mol. The Balaban J connectivity index is 1.91. The number of aryl methyl sites for hydroxylation is 1. The zero-order valence-electron chi connectivity index (χ0n) is 13.9. The Hall–Kier alpha value is -2.49. The minimum atomic E-state index is -0.0886. The lowest BCUT2D eigenvalue weighted by Crippen LogP contribution is -2.22. The van der Waals surface area contributed by atoms with Crippen LogP contribution in [0.15, 0.2) is 48.5 Å². The van der Waals surface area contributed by atoms with Gasteiger partial charge in [0.1, 0.15) is 5.75 Å². The summed E-state index contributed by atoms with van der Waals surface area (Å²) >= 11 is 0. The van der Waals surface area contributed by atoms with Gasteiger partial charge in [-0.1, -0.05) is 38.1 Å². The van der Waals surface area contributed by atoms with Crippen LogP contribution in [0.4, 0.5) is 11.4 Å². The third-order valence-electron chi connectivity index (χ3n) is 3.20. The summed E-state index contributed by atoms with van der Waals surface area (Å²) in [5.74, 6) is 1.13. The second kappa shape index (κ2) is 8.22. The van der Waals surface area contributed by atoms with Crippen molar-refractivity contribution in [2.24, 2.45) is 5.92 Å². The van der Waals surface area contributed by atoms with Gasteiger partial charge in [0, 0.05) is 5.69 Å². The fraction of sp³-hybridized carbons (Fsp3) is 0.316. The lowest BCUT2D eigenvalue weighted by molar-refractivity contribution is -0.114. The zero-order valence-corrected chi connectivity index (χ0v) is 13.9. The fourth-order valence-electron chi connectivity index (χ4n) is 2.10. The van der Waals surface area contributed by atoms with Crippen LogP contribution < -0.4 is 15.4 Å². The molecule has 2 aromatic carbocycles. The number of para-hydroxylation sites is 2. The Bertz CT molecular complexity index is 653. The number of anilines is 2. The number of hydrogen-bond donors (Lipinski definition) is 2. The van der Waals surface area contributed by atoms with E-state index in [0.29, 0.717) is 12.5 Å². The highest BCUT2D eigenvalue weighted by molar-refractivity contribution is 5.94. The van der Waals surface area contributed by atoms with Crippen LogP contribution in [0.2, 0.25) is 0 Å². The monoisotopic (exact) mass is 312 g/mol. The first kappa shape index (κ1) is 16.9. The highest BCUT2D eigenvalue weighted by Crippen LogP contribution is 2.24. The maximum Gasteiger partial charge on any atom is 0.243 e. The van der Waals surface area contributed by atoms with E-state index in [9.17, 15) is 4.79 Å². The lowest BCUT2D eigenvalue weighted by Gasteiger charge is -2.14. The smallest absolute Gasteiger partial charge is 0.243 e. The van der Waals surface area contributed by atoms with Crippen LogP contribution in [0.1, 0.15) is 19.4 Å². The first-order chi connectivity index (χ1) is 11.0. The van der Waals surface area contributed by atoms with Gasteiger partial charge in [0.15, 0.2) is 0 Å². The molecule has 2 N–H and O–H groups in total. The molecule has 122 valence electrons. The van der Waals surface area contributed by atoms with Crippen molar-refractivity contribution >= 4 is 17.3 Å². The van der Waals surface area contributed by atoms with Gasteiger partial charge in [0.05, 0.1) is 18.8 Å². The van der Waals surface area contributed by atoms with E-state index in [4.69, 9.17) is 4.74 Å². The minimum absolute atomic E-state index is 0.0886. The van der Waals surface area contributed by atoms with Crippen LogP contribution >= 0.6 is 0 Å². The molecule has 0 radical (unpaired) electrons. The molecule has 0 fully saturated rings. The van der Waals surface area contributed by atoms with Gasteiger partial charge in [-0.05, 0) is 42.7 Å². The van der Waals surface area contributed by atoms with Gasteiger partial charge in [-0.15, -0.1) is 0 Å². The number of benzene rings is 2. The average Bonchev–Trinajstić information content (AvgIpc) is 2.51. The molecule has 0 saturated heterocycles. The van der Waals surface area contributed by atoms with Crippen molar-refractivity contribution in [2.45, 2.75) is 20.8 Å². The van der Waals surface area contributed by atoms with Crippen molar-refractivity contribution in [3.8, 4) is 5.75 Å². The number of ether oxygens (including phenoxy) is 1. The second-order valence-electron chi connectivity index (χ2n) is 5.97. The molecule has 4 nitrogen and oxygen atoms in total. The van der Waals surface area contributed by atoms with Crippen molar-refractivity contribution < 1.29 is 9.53 Å². The molecule has 0 aliphatic carbocycles. The van der Waals surface area contributed by atoms with Gasteiger partial charge in [-0.25, -0.2) is 0 Å². The number of hydrogen-bond acceptors (Lipinski definition) is 3. The summed E-state index contributed by atoms with van der Waals surface area (Å²) in [5.41, 5.74) is 2.75. The van der Waals surface area contributed by atoms with Crippen LogP contribution in [-0.4, -0.2) is 19.1 Å². The van der Waals surface area contributed by atoms with Gasteiger partial charge < -0.3 is 15.4 Å². The fourth-order valence-corrected chi connectivity index (χ4v) is 2.10. The first-order valence-corrected chi connectivity index (χ1v) is 7.87. The van der Waals surface area contributed by atoms with Gasteiger partial charge in [0.25, 0.3) is 0 Å². The molecule has 2 aromatic rings. The van der Waals surface area contributed by atoms with E-state index >= 15 is 0 Å². The largest absolute Gasteiger partial charge is 0.491 e. The van der Waals surface area contributed by atoms with Crippen LogP contribution in [0.5, 0.6) is 5.75 Å². The summed E-state index contributed by atoms with van der Waals surface area (Å²) in [5, 5.41) is 6.02. The van der Waals surface area contributed by atoms with E-state index in [1.807, 2.05) is 55.5 Å². The van der Waals surface area contributed by atoms with Crippen molar-refractivity contribution in [2.75, 3.05) is 23.8 Å². The number of carbonyl (C=O) groups is 1. The SMILES string of the molecule is Cc1cccc(NC(=O)CNc2ccccc2OCC(C)C)c1. The molecular formula is C19H24N2O2. The molecule has 0 aromatic heterocycles. The van der Waals surface area contributed by atoms with E-state index in [1.54, 1.807) is 0 Å². The third-order valence-corrected chi connectivity index (χ3v) is 3.20. The number of nitrogens with one attached hydrogen (secondary N) is 2. The number of rotatable bonds is 7. The van der Waals surface area contributed by atoms with Gasteiger partial charge in [-0.3, -0.25) is 4.79 Å². The summed E-state index contributed by atoms with van der Waals surface area (Å²) in [4.78, 5) is 12.1. The standard InChI is InChI=1S/C19H24N2O2/c1-14(2)13-23-18-10-5-4-9-17(18)20-12-19(22)21-16-8-6-7-15(3)11-16/h4-11,14,20H,12-13H2,1-3H3,(H,21,22). The van der Waals surface area contributed by atoms with Gasteiger partial charge >= 0.3 is 0 Å². The quantitative estimate of drug-likeness (QED) is 0.810. The van der Waals surface area contributed by atoms with E-state index in [1.165, 1.54) is 0 Å². The van der Waals surface area contributed by atoms with Gasteiger partial charge in [0.2, 0.25) is 5.91 Å². The molecule has 0 bridgehead atoms. The van der Waals surface area contributed by atoms with E-state index in [-0.39, 0.29) is 12.5 Å². The molecule has 0 spiro atoms. The molecule has 0 aliphatic rings. The maximum absolute atomic E-state index is 12.1. The van der Waals surface area contributed by atoms with Crippen LogP contribution in [0.25, 0.3) is 0 Å². The van der Waals surface area contributed by atoms with Crippen molar-refractivity contribution in [3.05, 3.63) is 54.1 Å². The van der Waals surface area contributed by atoms with Crippen molar-refractivity contribution in [3.63, 3.8) is 0 Å². The van der Waals surface area contributed by atoms with E-state index < -0.39 is 0 Å². The zero-order chi connectivity index (χ0) is 16.7. The van der Waals surface area contributed by atoms with Crippen molar-refractivity contribution in [1.82, 2.24) is 0 Å². The second-order valence-corrected chi connectivity index (χ2v) is 5.97. The molecule has 0 atom stereocenters. The van der Waals surface area contributed by atoms with Crippen LogP contribution in [-0.2, 0) is 4.79 Å². The summed E-state index contributed by atoms with van der Waals surface area (Å²) < 4.78 is 5.77. The molecule has 0 heterocycles. The lowest BCUT2D eigenvalue weighted by atomic mass is 10.2. The molecule has 1 amide bonds. The molecule has 0 saturated carbocycles. The molecule has 2 rings (SSSR count). The van der Waals surface area contributed by atoms with Gasteiger partial charge in [-0.2, -0.15) is 0 Å². The Morgan fingerprint density at radius 1 is 1.13 bits per heavy atom. The van der Waals surface area contributed by atoms with E-state index in [0.717, 1.165) is 22.7 Å². The highest BCUT2D eigenvalue weighted by Gasteiger charge is 2.07. The Labute approximate surface area is 137 Å². The number of carbonyl (C=O) groups excluding carboxylic acids is 1. The Kier molecular flexibility index (Phi) is 6.03. The first-order valence-electron chi connectivity index (χ1n) is 7.87. The maximum atomic E-state index is 12.1. The average molecular weight is 312 g/mol. The van der Waals surface area contributed by atoms with Crippen molar-refractivity contribution in [1.29, 1.82) is 0 Å². The minimum Gasteiger partial charge on any atom is -0.491 e. The summed E-state index contributed by atoms with van der Waals surface area (Å²) in [6, 6.07) is 15.4. The molecule has 4 heteroatoms. The van der Waals surface area contributed by atoms with Crippen LogP contribution in [0.3, 0.4) is 0 Å². The Morgan fingerprint density at radius 3 is 2.65 bits per heavy atom. The number of amides is 1. The topological polar surface area (TPSA) is 50.4 Å². The predicted molar refractivity (Wildman–Crippen MR) is 95.1 cm³/mol. The summed E-state index contributed by atoms with van der Waals surface area (Å²) in [6.45, 7) is 7.04. The highest BCUT2D eigenvalue weighted by atomic mass is 16.5. The molecule has 0 aliphatic heterocycles. The summed E-state index contributed by atoms with van der Waals surface area (Å²) in [7, 11) is 0. The Morgan fingerprint density at radius 2 is 1.91 bits per heavy atom. The third kappa shape index (κ3) is 5.66. The summed E-state index contributed by atoms with van der Waals surface area (Å²) in [6.07, 6.45) is 0. The normalized spacial score (nSPS) is 10.4. The predicted octanol–water partition coefficient (Wildman–Crippen LogP) is 4.08. The molecule has 23 heavy (non-hydrogen) atoms. The van der Waals surface area contributed by atoms with E-state index in [2.05, 4.69) is 24.5 Å². The van der Waals surface area contributed by atoms with Crippen LogP contribution in [0, 0.1) is 12.8 Å². The molecule has 0 unspecified atom stereocenters.